The van der Waals surface area contributed by atoms with Crippen LogP contribution in [-0.4, -0.2) is 55.2 Å². The summed E-state index contributed by atoms with van der Waals surface area (Å²) in [6, 6.07) is 10.2. The van der Waals surface area contributed by atoms with E-state index in [4.69, 9.17) is 10.00 Å². The lowest BCUT2D eigenvalue weighted by molar-refractivity contribution is 0.106. The van der Waals surface area contributed by atoms with E-state index in [9.17, 15) is 0 Å². The number of hydrogen-bond acceptors (Lipinski definition) is 4. The number of ether oxygens (including phenoxy) is 1. The van der Waals surface area contributed by atoms with Gasteiger partial charge in [-0.15, -0.1) is 0 Å². The molecule has 1 saturated heterocycles. The first-order valence-electron chi connectivity index (χ1n) is 6.93. The maximum Gasteiger partial charge on any atom is 0.120 e. The molecular weight excluding hydrogens is 318 g/mol. The first-order valence-corrected chi connectivity index (χ1v) is 7.73. The Morgan fingerprint density at radius 1 is 1.35 bits per heavy atom. The first kappa shape index (κ1) is 15.3. The smallest absolute Gasteiger partial charge is 0.120 e. The molecule has 0 bridgehead atoms. The fourth-order valence-corrected chi connectivity index (χ4v) is 2.68. The van der Waals surface area contributed by atoms with E-state index in [0.29, 0.717) is 6.61 Å². The third-order valence-corrected chi connectivity index (χ3v) is 4.11. The second-order valence-electron chi connectivity index (χ2n) is 4.99. The molecule has 1 unspecified atom stereocenters. The van der Waals surface area contributed by atoms with Gasteiger partial charge in [-0.2, -0.15) is 5.26 Å². The van der Waals surface area contributed by atoms with E-state index in [1.165, 1.54) is 0 Å². The van der Waals surface area contributed by atoms with Gasteiger partial charge in [-0.1, -0.05) is 22.0 Å². The molecule has 20 heavy (non-hydrogen) atoms. The maximum absolute atomic E-state index is 8.91. The SMILES string of the molecule is CC(C#N)N1CCN(CCOc2cccc(Br)c2)CC1. The number of rotatable bonds is 5. The van der Waals surface area contributed by atoms with Crippen LogP contribution in [-0.2, 0) is 0 Å². The second kappa shape index (κ2) is 7.63. The topological polar surface area (TPSA) is 39.5 Å². The third-order valence-electron chi connectivity index (χ3n) is 3.61. The summed E-state index contributed by atoms with van der Waals surface area (Å²) in [6.07, 6.45) is 0. The highest BCUT2D eigenvalue weighted by Gasteiger charge is 2.20. The van der Waals surface area contributed by atoms with Crippen molar-refractivity contribution in [2.45, 2.75) is 13.0 Å². The minimum absolute atomic E-state index is 0.0232. The van der Waals surface area contributed by atoms with Gasteiger partial charge in [0.15, 0.2) is 0 Å². The van der Waals surface area contributed by atoms with Gasteiger partial charge < -0.3 is 4.74 Å². The van der Waals surface area contributed by atoms with E-state index in [2.05, 4.69) is 31.8 Å². The molecule has 2 rings (SSSR count). The molecule has 1 atom stereocenters. The Hall–Kier alpha value is -1.09. The van der Waals surface area contributed by atoms with E-state index >= 15 is 0 Å². The lowest BCUT2D eigenvalue weighted by Crippen LogP contribution is -2.50. The molecule has 0 spiro atoms. The maximum atomic E-state index is 8.91. The summed E-state index contributed by atoms with van der Waals surface area (Å²) in [6.45, 7) is 7.54. The fraction of sp³-hybridized carbons (Fsp3) is 0.533. The minimum Gasteiger partial charge on any atom is -0.492 e. The van der Waals surface area contributed by atoms with Crippen LogP contribution in [0.2, 0.25) is 0 Å². The van der Waals surface area contributed by atoms with E-state index < -0.39 is 0 Å². The zero-order chi connectivity index (χ0) is 14.4. The van der Waals surface area contributed by atoms with Gasteiger partial charge >= 0.3 is 0 Å². The molecule has 0 N–H and O–H groups in total. The normalized spacial score (nSPS) is 18.4. The number of piperazine rings is 1. The Labute approximate surface area is 129 Å². The molecule has 0 saturated carbocycles. The molecular formula is C15H20BrN3O. The van der Waals surface area contributed by atoms with Crippen molar-refractivity contribution in [3.63, 3.8) is 0 Å². The van der Waals surface area contributed by atoms with Crippen LogP contribution in [0.5, 0.6) is 5.75 Å². The number of halogens is 1. The predicted molar refractivity (Wildman–Crippen MR) is 82.7 cm³/mol. The van der Waals surface area contributed by atoms with E-state index in [-0.39, 0.29) is 6.04 Å². The van der Waals surface area contributed by atoms with Crippen molar-refractivity contribution < 1.29 is 4.74 Å². The van der Waals surface area contributed by atoms with Gasteiger partial charge in [-0.25, -0.2) is 0 Å². The summed E-state index contributed by atoms with van der Waals surface area (Å²) in [5.41, 5.74) is 0. The van der Waals surface area contributed by atoms with Crippen molar-refractivity contribution in [3.8, 4) is 11.8 Å². The zero-order valence-corrected chi connectivity index (χ0v) is 13.3. The number of nitrogens with zero attached hydrogens (tertiary/aromatic N) is 3. The minimum atomic E-state index is 0.0232. The summed E-state index contributed by atoms with van der Waals surface area (Å²) in [7, 11) is 0. The Morgan fingerprint density at radius 2 is 2.10 bits per heavy atom. The van der Waals surface area contributed by atoms with Crippen molar-refractivity contribution >= 4 is 15.9 Å². The molecule has 1 aliphatic rings. The molecule has 1 heterocycles. The van der Waals surface area contributed by atoms with Gasteiger partial charge in [0.2, 0.25) is 0 Å². The molecule has 0 radical (unpaired) electrons. The monoisotopic (exact) mass is 337 g/mol. The average Bonchev–Trinajstić information content (AvgIpc) is 2.47. The molecule has 1 aliphatic heterocycles. The van der Waals surface area contributed by atoms with Crippen molar-refractivity contribution in [2.24, 2.45) is 0 Å². The van der Waals surface area contributed by atoms with Crippen LogP contribution < -0.4 is 4.74 Å². The van der Waals surface area contributed by atoms with Crippen LogP contribution in [0.3, 0.4) is 0 Å². The Kier molecular flexibility index (Phi) is 5.84. The Balaban J connectivity index is 1.68. The number of hydrogen-bond donors (Lipinski definition) is 0. The van der Waals surface area contributed by atoms with Gasteiger partial charge in [0.25, 0.3) is 0 Å². The van der Waals surface area contributed by atoms with E-state index in [1.807, 2.05) is 31.2 Å². The van der Waals surface area contributed by atoms with Crippen LogP contribution in [0.4, 0.5) is 0 Å². The van der Waals surface area contributed by atoms with Crippen LogP contribution in [0.25, 0.3) is 0 Å². The summed E-state index contributed by atoms with van der Waals surface area (Å²) >= 11 is 3.44. The second-order valence-corrected chi connectivity index (χ2v) is 5.90. The van der Waals surface area contributed by atoms with Gasteiger partial charge in [0.05, 0.1) is 12.1 Å². The molecule has 108 valence electrons. The predicted octanol–water partition coefficient (Wildman–Crippen LogP) is 2.36. The Morgan fingerprint density at radius 3 is 2.75 bits per heavy atom. The third kappa shape index (κ3) is 4.48. The number of nitriles is 1. The van der Waals surface area contributed by atoms with E-state index in [1.54, 1.807) is 0 Å². The van der Waals surface area contributed by atoms with Crippen molar-refractivity contribution in [2.75, 3.05) is 39.3 Å². The van der Waals surface area contributed by atoms with Gasteiger partial charge in [-0.3, -0.25) is 9.80 Å². The summed E-state index contributed by atoms with van der Waals surface area (Å²) in [4.78, 5) is 4.62. The lowest BCUT2D eigenvalue weighted by atomic mass is 10.2. The number of benzene rings is 1. The van der Waals surface area contributed by atoms with Crippen LogP contribution in [0, 0.1) is 11.3 Å². The highest BCUT2D eigenvalue weighted by molar-refractivity contribution is 9.10. The molecule has 1 aromatic rings. The highest BCUT2D eigenvalue weighted by atomic mass is 79.9. The van der Waals surface area contributed by atoms with Crippen LogP contribution >= 0.6 is 15.9 Å². The average molecular weight is 338 g/mol. The van der Waals surface area contributed by atoms with Crippen LogP contribution in [0.1, 0.15) is 6.92 Å². The lowest BCUT2D eigenvalue weighted by Gasteiger charge is -2.35. The molecule has 0 aromatic heterocycles. The Bertz CT molecular complexity index is 466. The zero-order valence-electron chi connectivity index (χ0n) is 11.8. The quantitative estimate of drug-likeness (QED) is 0.826. The molecule has 0 aliphatic carbocycles. The van der Waals surface area contributed by atoms with E-state index in [0.717, 1.165) is 42.9 Å². The first-order chi connectivity index (χ1) is 9.69. The summed E-state index contributed by atoms with van der Waals surface area (Å²) in [5, 5.41) is 8.91. The molecule has 5 heteroatoms. The summed E-state index contributed by atoms with van der Waals surface area (Å²) < 4.78 is 6.78. The molecule has 1 fully saturated rings. The largest absolute Gasteiger partial charge is 0.492 e. The molecule has 0 amide bonds. The molecule has 4 nitrogen and oxygen atoms in total. The van der Waals surface area contributed by atoms with Gasteiger partial charge in [0.1, 0.15) is 12.4 Å². The van der Waals surface area contributed by atoms with Gasteiger partial charge in [0, 0.05) is 37.2 Å². The van der Waals surface area contributed by atoms with Crippen LogP contribution in [0.15, 0.2) is 28.7 Å². The van der Waals surface area contributed by atoms with Gasteiger partial charge in [-0.05, 0) is 25.1 Å². The standard InChI is InChI=1S/C15H20BrN3O/c1-13(12-17)19-7-5-18(6-8-19)9-10-20-15-4-2-3-14(16)11-15/h2-4,11,13H,5-10H2,1H3. The van der Waals surface area contributed by atoms with Crippen molar-refractivity contribution in [1.82, 2.24) is 9.80 Å². The van der Waals surface area contributed by atoms with Crippen molar-refractivity contribution in [3.05, 3.63) is 28.7 Å². The fourth-order valence-electron chi connectivity index (χ4n) is 2.31. The summed E-state index contributed by atoms with van der Waals surface area (Å²) in [5.74, 6) is 0.899. The highest BCUT2D eigenvalue weighted by Crippen LogP contribution is 2.17. The van der Waals surface area contributed by atoms with Crippen molar-refractivity contribution in [1.29, 1.82) is 5.26 Å². The molecule has 1 aromatic carbocycles.